The minimum Gasteiger partial charge on any atom is -0.477 e. The van der Waals surface area contributed by atoms with Crippen LogP contribution >= 0.6 is 0 Å². The van der Waals surface area contributed by atoms with Gasteiger partial charge in [-0.25, -0.2) is 4.79 Å². The molecule has 0 bridgehead atoms. The summed E-state index contributed by atoms with van der Waals surface area (Å²) in [6, 6.07) is 0.520. The maximum atomic E-state index is 12.1. The summed E-state index contributed by atoms with van der Waals surface area (Å²) >= 11 is 0. The Bertz CT molecular complexity index is 356. The summed E-state index contributed by atoms with van der Waals surface area (Å²) in [6.45, 7) is 1.59. The summed E-state index contributed by atoms with van der Waals surface area (Å²) in [7, 11) is 0. The van der Waals surface area contributed by atoms with Gasteiger partial charge in [-0.2, -0.15) is 18.3 Å². The molecular formula is C7H7F3N2O2. The van der Waals surface area contributed by atoms with Gasteiger partial charge in [0.15, 0.2) is 5.69 Å². The maximum absolute atomic E-state index is 12.1. The summed E-state index contributed by atoms with van der Waals surface area (Å²) in [6.07, 6.45) is -4.61. The molecule has 0 radical (unpaired) electrons. The lowest BCUT2D eigenvalue weighted by Crippen LogP contribution is -2.09. The van der Waals surface area contributed by atoms with Crippen LogP contribution < -0.4 is 0 Å². The van der Waals surface area contributed by atoms with Crippen LogP contribution in [0.25, 0.3) is 0 Å². The van der Waals surface area contributed by atoms with Crippen LogP contribution in [0.3, 0.4) is 0 Å². The van der Waals surface area contributed by atoms with Gasteiger partial charge >= 0.3 is 12.1 Å². The van der Waals surface area contributed by atoms with E-state index in [0.29, 0.717) is 6.07 Å². The van der Waals surface area contributed by atoms with E-state index in [4.69, 9.17) is 5.11 Å². The SMILES string of the molecule is CCn1nc(C(F)(F)F)cc1C(=O)O. The number of aryl methyl sites for hydroxylation is 1. The molecule has 78 valence electrons. The number of carboxylic acids is 1. The van der Waals surface area contributed by atoms with Gasteiger partial charge in [-0.05, 0) is 6.92 Å². The molecule has 1 rings (SSSR count). The minimum atomic E-state index is -4.61. The number of hydrogen-bond donors (Lipinski definition) is 1. The summed E-state index contributed by atoms with van der Waals surface area (Å²) in [5.41, 5.74) is -1.64. The van der Waals surface area contributed by atoms with Gasteiger partial charge in [-0.3, -0.25) is 4.68 Å². The second-order valence-corrected chi connectivity index (χ2v) is 2.53. The van der Waals surface area contributed by atoms with E-state index < -0.39 is 23.5 Å². The van der Waals surface area contributed by atoms with E-state index in [-0.39, 0.29) is 6.54 Å². The topological polar surface area (TPSA) is 55.1 Å². The van der Waals surface area contributed by atoms with Gasteiger partial charge in [-0.1, -0.05) is 0 Å². The highest BCUT2D eigenvalue weighted by atomic mass is 19.4. The Kier molecular flexibility index (Phi) is 2.50. The molecule has 0 spiro atoms. The van der Waals surface area contributed by atoms with Crippen molar-refractivity contribution in [1.82, 2.24) is 9.78 Å². The third-order valence-electron chi connectivity index (χ3n) is 1.59. The first-order valence-electron chi connectivity index (χ1n) is 3.74. The van der Waals surface area contributed by atoms with E-state index in [1.165, 1.54) is 6.92 Å². The fourth-order valence-corrected chi connectivity index (χ4v) is 0.969. The van der Waals surface area contributed by atoms with Crippen molar-refractivity contribution in [3.05, 3.63) is 17.5 Å². The number of nitrogens with zero attached hydrogens (tertiary/aromatic N) is 2. The van der Waals surface area contributed by atoms with Gasteiger partial charge in [0.05, 0.1) is 0 Å². The number of aromatic nitrogens is 2. The molecule has 7 heteroatoms. The Balaban J connectivity index is 3.20. The molecule has 4 nitrogen and oxygen atoms in total. The molecule has 14 heavy (non-hydrogen) atoms. The summed E-state index contributed by atoms with van der Waals surface area (Å²) in [4.78, 5) is 10.5. The van der Waals surface area contributed by atoms with E-state index in [2.05, 4.69) is 5.10 Å². The lowest BCUT2D eigenvalue weighted by atomic mass is 10.3. The number of hydrogen-bond acceptors (Lipinski definition) is 2. The van der Waals surface area contributed by atoms with E-state index in [9.17, 15) is 18.0 Å². The highest BCUT2D eigenvalue weighted by Gasteiger charge is 2.35. The van der Waals surface area contributed by atoms with Crippen molar-refractivity contribution < 1.29 is 23.1 Å². The lowest BCUT2D eigenvalue weighted by molar-refractivity contribution is -0.141. The van der Waals surface area contributed by atoms with Crippen LogP contribution in [0, 0.1) is 0 Å². The smallest absolute Gasteiger partial charge is 0.435 e. The average Bonchev–Trinajstić information content (AvgIpc) is 2.45. The van der Waals surface area contributed by atoms with Crippen molar-refractivity contribution in [1.29, 1.82) is 0 Å². The fraction of sp³-hybridized carbons (Fsp3) is 0.429. The first kappa shape index (κ1) is 10.6. The van der Waals surface area contributed by atoms with Crippen LogP contribution in [0.2, 0.25) is 0 Å². The van der Waals surface area contributed by atoms with Crippen molar-refractivity contribution in [2.45, 2.75) is 19.6 Å². The van der Waals surface area contributed by atoms with Crippen LogP contribution in [0.1, 0.15) is 23.1 Å². The number of aromatic carboxylic acids is 1. The number of halogens is 3. The Morgan fingerprint density at radius 3 is 2.50 bits per heavy atom. The summed E-state index contributed by atoms with van der Waals surface area (Å²) in [5, 5.41) is 11.7. The molecule has 0 amide bonds. The second kappa shape index (κ2) is 3.32. The van der Waals surface area contributed by atoms with Crippen LogP contribution in [0.4, 0.5) is 13.2 Å². The molecule has 0 fully saturated rings. The number of carboxylic acid groups (broad SMARTS) is 1. The van der Waals surface area contributed by atoms with Gasteiger partial charge in [0.2, 0.25) is 0 Å². The van der Waals surface area contributed by atoms with E-state index in [1.807, 2.05) is 0 Å². The molecule has 0 saturated heterocycles. The van der Waals surface area contributed by atoms with Crippen LogP contribution in [0.15, 0.2) is 6.07 Å². The highest BCUT2D eigenvalue weighted by molar-refractivity contribution is 5.85. The van der Waals surface area contributed by atoms with Crippen LogP contribution in [-0.4, -0.2) is 20.9 Å². The molecular weight excluding hydrogens is 201 g/mol. The molecule has 0 aliphatic rings. The van der Waals surface area contributed by atoms with Gasteiger partial charge in [-0.15, -0.1) is 0 Å². The zero-order chi connectivity index (χ0) is 10.9. The molecule has 1 aromatic rings. The second-order valence-electron chi connectivity index (χ2n) is 2.53. The van der Waals surface area contributed by atoms with Crippen molar-refractivity contribution in [2.24, 2.45) is 0 Å². The average molecular weight is 208 g/mol. The van der Waals surface area contributed by atoms with Gasteiger partial charge in [0.25, 0.3) is 0 Å². The third kappa shape index (κ3) is 1.86. The standard InChI is InChI=1S/C7H7F3N2O2/c1-2-12-4(6(13)14)3-5(11-12)7(8,9)10/h3H,2H2,1H3,(H,13,14). The summed E-state index contributed by atoms with van der Waals surface area (Å²) in [5.74, 6) is -1.42. The zero-order valence-electron chi connectivity index (χ0n) is 7.17. The molecule has 1 N–H and O–H groups in total. The Morgan fingerprint density at radius 1 is 1.64 bits per heavy atom. The highest BCUT2D eigenvalue weighted by Crippen LogP contribution is 2.28. The minimum absolute atomic E-state index is 0.0811. The first-order valence-corrected chi connectivity index (χ1v) is 3.74. The Labute approximate surface area is 77.0 Å². The Morgan fingerprint density at radius 2 is 2.21 bits per heavy atom. The maximum Gasteiger partial charge on any atom is 0.435 e. The van der Waals surface area contributed by atoms with E-state index in [0.717, 1.165) is 4.68 Å². The molecule has 1 aromatic heterocycles. The van der Waals surface area contributed by atoms with Crippen molar-refractivity contribution in [3.8, 4) is 0 Å². The van der Waals surface area contributed by atoms with Crippen molar-refractivity contribution >= 4 is 5.97 Å². The van der Waals surface area contributed by atoms with Crippen molar-refractivity contribution in [2.75, 3.05) is 0 Å². The molecule has 0 aromatic carbocycles. The molecule has 0 aliphatic carbocycles. The number of carbonyl (C=O) groups is 1. The molecule has 0 aliphatic heterocycles. The largest absolute Gasteiger partial charge is 0.477 e. The van der Waals surface area contributed by atoms with Crippen molar-refractivity contribution in [3.63, 3.8) is 0 Å². The molecule has 0 saturated carbocycles. The van der Waals surface area contributed by atoms with E-state index in [1.54, 1.807) is 0 Å². The molecule has 1 heterocycles. The van der Waals surface area contributed by atoms with Gasteiger partial charge < -0.3 is 5.11 Å². The van der Waals surface area contributed by atoms with E-state index >= 15 is 0 Å². The third-order valence-corrected chi connectivity index (χ3v) is 1.59. The lowest BCUT2D eigenvalue weighted by Gasteiger charge is -2.00. The fourth-order valence-electron chi connectivity index (χ4n) is 0.969. The quantitative estimate of drug-likeness (QED) is 0.803. The number of rotatable bonds is 2. The molecule has 0 atom stereocenters. The first-order chi connectivity index (χ1) is 6.36. The summed E-state index contributed by atoms with van der Waals surface area (Å²) < 4.78 is 37.1. The number of alkyl halides is 3. The predicted molar refractivity (Wildman–Crippen MR) is 39.9 cm³/mol. The van der Waals surface area contributed by atoms with Crippen LogP contribution in [-0.2, 0) is 12.7 Å². The van der Waals surface area contributed by atoms with Gasteiger partial charge in [0, 0.05) is 12.6 Å². The Hall–Kier alpha value is -1.53. The normalized spacial score (nSPS) is 11.7. The predicted octanol–water partition coefficient (Wildman–Crippen LogP) is 1.62. The monoisotopic (exact) mass is 208 g/mol. The van der Waals surface area contributed by atoms with Gasteiger partial charge in [0.1, 0.15) is 5.69 Å². The molecule has 0 unspecified atom stereocenters. The van der Waals surface area contributed by atoms with Crippen LogP contribution in [0.5, 0.6) is 0 Å². The zero-order valence-corrected chi connectivity index (χ0v) is 7.17.